The van der Waals surface area contributed by atoms with E-state index in [0.717, 1.165) is 22.0 Å². The van der Waals surface area contributed by atoms with E-state index in [2.05, 4.69) is 26.3 Å². The minimum atomic E-state index is -1.18. The molecule has 44 heavy (non-hydrogen) atoms. The number of carbonyl (C=O) groups excluding carboxylic acids is 4. The van der Waals surface area contributed by atoms with E-state index >= 15 is 0 Å². The zero-order valence-corrected chi connectivity index (χ0v) is 25.6. The Morgan fingerprint density at radius 2 is 1.57 bits per heavy atom. The molecule has 13 nitrogen and oxygen atoms in total. The van der Waals surface area contributed by atoms with Crippen LogP contribution in [0.5, 0.6) is 5.75 Å². The third-order valence-corrected chi connectivity index (χ3v) is 7.22. The van der Waals surface area contributed by atoms with Gasteiger partial charge in [-0.1, -0.05) is 30.3 Å². The Morgan fingerprint density at radius 1 is 0.886 bits per heavy atom. The largest absolute Gasteiger partial charge is 0.508 e. The van der Waals surface area contributed by atoms with Crippen LogP contribution in [0, 0.1) is 0 Å². The van der Waals surface area contributed by atoms with Gasteiger partial charge in [0.1, 0.15) is 17.8 Å². The third kappa shape index (κ3) is 11.1. The van der Waals surface area contributed by atoms with Crippen LogP contribution >= 0.6 is 24.2 Å². The number of nitrogens with one attached hydrogen (secondary N) is 5. The zero-order chi connectivity index (χ0) is 31.4. The number of aromatic nitrogens is 1. The fourth-order valence-corrected chi connectivity index (χ4v) is 4.73. The highest BCUT2D eigenvalue weighted by Gasteiger charge is 2.27. The SMILES string of the molecule is CSCC[C@H](NC(=O)[C@H](Cc1c[nH]c2ccccc12)NC(=O)CNC(=O)CNC(=O)[C@@H](N)Cc1ccc(O)cc1)C(=O)O.Cl. The number of aliphatic carboxylic acids is 1. The number of rotatable bonds is 16. The smallest absolute Gasteiger partial charge is 0.326 e. The lowest BCUT2D eigenvalue weighted by Gasteiger charge is -2.21. The van der Waals surface area contributed by atoms with E-state index in [-0.39, 0.29) is 37.4 Å². The molecule has 0 aliphatic heterocycles. The van der Waals surface area contributed by atoms with Crippen LogP contribution in [-0.4, -0.2) is 88.0 Å². The first-order valence-electron chi connectivity index (χ1n) is 13.5. The van der Waals surface area contributed by atoms with Gasteiger partial charge in [0.15, 0.2) is 0 Å². The first-order chi connectivity index (χ1) is 20.6. The number of carboxylic acids is 1. The summed E-state index contributed by atoms with van der Waals surface area (Å²) < 4.78 is 0. The summed E-state index contributed by atoms with van der Waals surface area (Å²) in [6.07, 6.45) is 4.01. The number of amides is 4. The van der Waals surface area contributed by atoms with Crippen molar-refractivity contribution < 1.29 is 34.2 Å². The molecule has 0 aliphatic carbocycles. The van der Waals surface area contributed by atoms with Gasteiger partial charge < -0.3 is 42.2 Å². The van der Waals surface area contributed by atoms with Crippen LogP contribution in [0.3, 0.4) is 0 Å². The molecule has 3 rings (SSSR count). The molecule has 0 saturated carbocycles. The summed E-state index contributed by atoms with van der Waals surface area (Å²) >= 11 is 1.45. The average Bonchev–Trinajstić information content (AvgIpc) is 3.40. The Morgan fingerprint density at radius 3 is 2.25 bits per heavy atom. The van der Waals surface area contributed by atoms with Crippen LogP contribution in [0.1, 0.15) is 17.5 Å². The number of hydrogen-bond donors (Lipinski definition) is 8. The van der Waals surface area contributed by atoms with Gasteiger partial charge in [-0.15, -0.1) is 12.4 Å². The molecule has 15 heteroatoms. The maximum Gasteiger partial charge on any atom is 0.326 e. The van der Waals surface area contributed by atoms with Gasteiger partial charge in [0.05, 0.1) is 19.1 Å². The highest BCUT2D eigenvalue weighted by molar-refractivity contribution is 7.98. The number of thioether (sulfide) groups is 1. The lowest BCUT2D eigenvalue weighted by atomic mass is 10.0. The maximum atomic E-state index is 13.2. The van der Waals surface area contributed by atoms with Crippen molar-refractivity contribution in [2.75, 3.05) is 25.1 Å². The van der Waals surface area contributed by atoms with Crippen molar-refractivity contribution in [2.24, 2.45) is 5.73 Å². The second kappa shape index (κ2) is 17.8. The Balaban J connectivity index is 0.00000675. The Hall–Kier alpha value is -4.27. The first kappa shape index (κ1) is 35.9. The highest BCUT2D eigenvalue weighted by atomic mass is 35.5. The van der Waals surface area contributed by atoms with Crippen molar-refractivity contribution in [3.63, 3.8) is 0 Å². The molecule has 1 heterocycles. The number of aromatic hydroxyl groups is 1. The molecule has 0 saturated heterocycles. The third-order valence-electron chi connectivity index (χ3n) is 6.57. The number of phenols is 1. The number of para-hydroxylation sites is 1. The predicted octanol–water partition coefficient (Wildman–Crippen LogP) is 0.448. The molecule has 238 valence electrons. The molecule has 0 unspecified atom stereocenters. The number of aromatic amines is 1. The molecule has 0 fully saturated rings. The normalized spacial score (nSPS) is 12.7. The number of benzene rings is 2. The molecule has 0 spiro atoms. The van der Waals surface area contributed by atoms with Gasteiger partial charge in [0.25, 0.3) is 0 Å². The standard InChI is InChI=1S/C29H36N6O7S.ClH/c1-43-11-10-23(29(41)42)35-28(40)24(13-18-14-31-22-5-3-2-4-20(18)22)34-26(38)16-32-25(37)15-33-27(39)21(30)12-17-6-8-19(36)9-7-17;/h2-9,14,21,23-24,31,36H,10-13,15-16,30H2,1H3,(H,32,37)(H,33,39)(H,34,38)(H,35,40)(H,41,42);1H/t21-,23-,24-;/m0./s1. The Labute approximate surface area is 264 Å². The van der Waals surface area contributed by atoms with Crippen molar-refractivity contribution in [1.82, 2.24) is 26.3 Å². The van der Waals surface area contributed by atoms with Crippen LogP contribution in [0.15, 0.2) is 54.7 Å². The van der Waals surface area contributed by atoms with Crippen molar-refractivity contribution in [1.29, 1.82) is 0 Å². The summed E-state index contributed by atoms with van der Waals surface area (Å²) in [6.45, 7) is -0.912. The van der Waals surface area contributed by atoms with E-state index < -0.39 is 60.8 Å². The molecule has 3 atom stereocenters. The van der Waals surface area contributed by atoms with Crippen molar-refractivity contribution in [3.05, 3.63) is 65.9 Å². The second-order valence-corrected chi connectivity index (χ2v) is 10.8. The van der Waals surface area contributed by atoms with Gasteiger partial charge in [-0.3, -0.25) is 19.2 Å². The van der Waals surface area contributed by atoms with E-state index in [1.807, 2.05) is 30.5 Å². The van der Waals surface area contributed by atoms with Crippen LogP contribution in [0.2, 0.25) is 0 Å². The number of carboxylic acid groups (broad SMARTS) is 1. The molecule has 4 amide bonds. The second-order valence-electron chi connectivity index (χ2n) is 9.84. The zero-order valence-electron chi connectivity index (χ0n) is 24.0. The summed E-state index contributed by atoms with van der Waals surface area (Å²) in [5, 5.41) is 29.7. The van der Waals surface area contributed by atoms with Crippen LogP contribution in [-0.2, 0) is 36.8 Å². The Kier molecular flexibility index (Phi) is 14.5. The molecule has 0 aliphatic rings. The number of phenolic OH excluding ortho intramolecular Hbond substituents is 1. The van der Waals surface area contributed by atoms with Crippen molar-refractivity contribution in [2.45, 2.75) is 37.4 Å². The fraction of sp³-hybridized carbons (Fsp3) is 0.345. The molecular weight excluding hydrogens is 612 g/mol. The summed E-state index contributed by atoms with van der Waals surface area (Å²) in [6, 6.07) is 10.4. The monoisotopic (exact) mass is 648 g/mol. The fourth-order valence-electron chi connectivity index (χ4n) is 4.26. The summed E-state index contributed by atoms with van der Waals surface area (Å²) in [4.78, 5) is 65.3. The lowest BCUT2D eigenvalue weighted by molar-refractivity contribution is -0.142. The minimum Gasteiger partial charge on any atom is -0.508 e. The van der Waals surface area contributed by atoms with Gasteiger partial charge in [0.2, 0.25) is 23.6 Å². The topological polar surface area (TPSA) is 216 Å². The van der Waals surface area contributed by atoms with Gasteiger partial charge in [-0.05, 0) is 54.2 Å². The number of hydrogen-bond acceptors (Lipinski definition) is 8. The van der Waals surface area contributed by atoms with Crippen molar-refractivity contribution in [3.8, 4) is 5.75 Å². The highest BCUT2D eigenvalue weighted by Crippen LogP contribution is 2.19. The number of halogens is 1. The van der Waals surface area contributed by atoms with E-state index in [1.165, 1.54) is 23.9 Å². The number of H-pyrrole nitrogens is 1. The van der Waals surface area contributed by atoms with Gasteiger partial charge in [0, 0.05) is 23.5 Å². The van der Waals surface area contributed by atoms with E-state index in [1.54, 1.807) is 18.3 Å². The van der Waals surface area contributed by atoms with Crippen LogP contribution in [0.4, 0.5) is 0 Å². The molecule has 1 aromatic heterocycles. The predicted molar refractivity (Wildman–Crippen MR) is 170 cm³/mol. The summed E-state index contributed by atoms with van der Waals surface area (Å²) in [5.41, 5.74) is 8.20. The van der Waals surface area contributed by atoms with Gasteiger partial charge in [-0.25, -0.2) is 4.79 Å². The van der Waals surface area contributed by atoms with Crippen molar-refractivity contribution >= 4 is 64.7 Å². The van der Waals surface area contributed by atoms with Crippen LogP contribution in [0.25, 0.3) is 10.9 Å². The van der Waals surface area contributed by atoms with Crippen LogP contribution < -0.4 is 27.0 Å². The summed E-state index contributed by atoms with van der Waals surface area (Å²) in [7, 11) is 0. The quantitative estimate of drug-likeness (QED) is 0.108. The Bertz CT molecular complexity index is 1440. The molecule has 9 N–H and O–H groups in total. The minimum absolute atomic E-state index is 0. The molecule has 0 bridgehead atoms. The molecule has 3 aromatic rings. The first-order valence-corrected chi connectivity index (χ1v) is 14.9. The number of fused-ring (bicyclic) bond motifs is 1. The summed E-state index contributed by atoms with van der Waals surface area (Å²) in [5.74, 6) is -3.16. The van der Waals surface area contributed by atoms with E-state index in [9.17, 15) is 34.2 Å². The lowest BCUT2D eigenvalue weighted by Crippen LogP contribution is -2.54. The van der Waals surface area contributed by atoms with E-state index in [0.29, 0.717) is 5.75 Å². The number of carbonyl (C=O) groups is 5. The van der Waals surface area contributed by atoms with Gasteiger partial charge in [-0.2, -0.15) is 11.8 Å². The van der Waals surface area contributed by atoms with E-state index in [4.69, 9.17) is 5.73 Å². The number of nitrogens with two attached hydrogens (primary N) is 1. The van der Waals surface area contributed by atoms with Gasteiger partial charge >= 0.3 is 5.97 Å². The average molecular weight is 649 g/mol. The molecule has 0 radical (unpaired) electrons. The molecule has 2 aromatic carbocycles. The maximum absolute atomic E-state index is 13.2. The molecular formula is C29H37ClN6O7S.